The van der Waals surface area contributed by atoms with E-state index in [9.17, 15) is 4.79 Å². The molecule has 0 aliphatic heterocycles. The minimum Gasteiger partial charge on any atom is -0.420 e. The maximum atomic E-state index is 12.1. The molecule has 118 valence electrons. The van der Waals surface area contributed by atoms with Crippen molar-refractivity contribution in [3.8, 4) is 10.8 Å². The van der Waals surface area contributed by atoms with Crippen molar-refractivity contribution in [1.29, 1.82) is 0 Å². The number of thiophene rings is 1. The number of hydrogen-bond acceptors (Lipinski definition) is 5. The Labute approximate surface area is 138 Å². The lowest BCUT2D eigenvalue weighted by Crippen LogP contribution is -2.13. The van der Waals surface area contributed by atoms with Crippen LogP contribution in [0, 0.1) is 13.8 Å². The first kappa shape index (κ1) is 15.4. The number of nitrogens with one attached hydrogen (secondary N) is 1. The lowest BCUT2D eigenvalue weighted by atomic mass is 10.1. The van der Waals surface area contributed by atoms with Crippen molar-refractivity contribution in [3.63, 3.8) is 0 Å². The third-order valence-corrected chi connectivity index (χ3v) is 4.29. The Hall–Kier alpha value is -2.47. The second-order valence-electron chi connectivity index (χ2n) is 5.34. The van der Waals surface area contributed by atoms with Crippen molar-refractivity contribution in [2.24, 2.45) is 0 Å². The summed E-state index contributed by atoms with van der Waals surface area (Å²) in [6, 6.07) is 9.84. The molecule has 0 saturated carbocycles. The highest BCUT2D eigenvalue weighted by Crippen LogP contribution is 2.23. The molecule has 0 aliphatic carbocycles. The fraction of sp³-hybridized carbons (Fsp3) is 0.235. The molecule has 1 N–H and O–H groups in total. The zero-order valence-electron chi connectivity index (χ0n) is 13.0. The van der Waals surface area contributed by atoms with Crippen LogP contribution in [0.15, 0.2) is 40.1 Å². The molecule has 0 unspecified atom stereocenters. The van der Waals surface area contributed by atoms with E-state index in [2.05, 4.69) is 15.5 Å². The zero-order valence-corrected chi connectivity index (χ0v) is 13.8. The highest BCUT2D eigenvalue weighted by molar-refractivity contribution is 7.13. The summed E-state index contributed by atoms with van der Waals surface area (Å²) in [5.41, 5.74) is 3.00. The van der Waals surface area contributed by atoms with Crippen LogP contribution >= 0.6 is 11.3 Å². The van der Waals surface area contributed by atoms with Gasteiger partial charge in [-0.05, 0) is 42.5 Å². The predicted molar refractivity (Wildman–Crippen MR) is 90.5 cm³/mol. The Balaban J connectivity index is 1.58. The van der Waals surface area contributed by atoms with Crippen LogP contribution < -0.4 is 5.32 Å². The van der Waals surface area contributed by atoms with Gasteiger partial charge in [-0.2, -0.15) is 0 Å². The van der Waals surface area contributed by atoms with E-state index < -0.39 is 0 Å². The molecule has 1 aromatic carbocycles. The number of nitrogens with zero attached hydrogens (tertiary/aromatic N) is 2. The maximum Gasteiger partial charge on any atom is 0.257 e. The van der Waals surface area contributed by atoms with Gasteiger partial charge in [-0.15, -0.1) is 21.5 Å². The molecule has 3 rings (SSSR count). The van der Waals surface area contributed by atoms with Crippen molar-refractivity contribution in [2.75, 3.05) is 5.32 Å². The molecular weight excluding hydrogens is 310 g/mol. The first-order valence-electron chi connectivity index (χ1n) is 7.35. The molecule has 5 nitrogen and oxygen atoms in total. The molecule has 6 heteroatoms. The standard InChI is InChI=1S/C17H17N3O2S/c1-11-5-6-12(2)13(10-11)18-15(21)7-8-16-19-20-17(22-16)14-4-3-9-23-14/h3-6,9-10H,7-8H2,1-2H3,(H,18,21). The predicted octanol–water partition coefficient (Wildman–Crippen LogP) is 3.99. The van der Waals surface area contributed by atoms with Crippen LogP contribution in [0.2, 0.25) is 0 Å². The smallest absolute Gasteiger partial charge is 0.257 e. The van der Waals surface area contributed by atoms with E-state index >= 15 is 0 Å². The topological polar surface area (TPSA) is 68.0 Å². The molecule has 0 radical (unpaired) electrons. The Morgan fingerprint density at radius 2 is 2.13 bits per heavy atom. The number of rotatable bonds is 5. The fourth-order valence-corrected chi connectivity index (χ4v) is 2.80. The summed E-state index contributed by atoms with van der Waals surface area (Å²) >= 11 is 1.54. The normalized spacial score (nSPS) is 10.7. The summed E-state index contributed by atoms with van der Waals surface area (Å²) in [5.74, 6) is 0.920. The van der Waals surface area contributed by atoms with Gasteiger partial charge >= 0.3 is 0 Å². The Morgan fingerprint density at radius 3 is 2.91 bits per heavy atom. The number of aryl methyl sites for hydroxylation is 3. The number of anilines is 1. The van der Waals surface area contributed by atoms with Gasteiger partial charge in [-0.3, -0.25) is 4.79 Å². The molecule has 3 aromatic rings. The molecule has 2 heterocycles. The van der Waals surface area contributed by atoms with Crippen molar-refractivity contribution >= 4 is 22.9 Å². The third kappa shape index (κ3) is 3.84. The summed E-state index contributed by atoms with van der Waals surface area (Å²) in [6.45, 7) is 3.97. The molecule has 0 fully saturated rings. The number of carbonyl (C=O) groups is 1. The minimum atomic E-state index is -0.0606. The van der Waals surface area contributed by atoms with E-state index in [4.69, 9.17) is 4.42 Å². The van der Waals surface area contributed by atoms with Crippen LogP contribution in [-0.4, -0.2) is 16.1 Å². The zero-order chi connectivity index (χ0) is 16.2. The SMILES string of the molecule is Cc1ccc(C)c(NC(=O)CCc2nnc(-c3cccs3)o2)c1. The largest absolute Gasteiger partial charge is 0.420 e. The number of carbonyl (C=O) groups excluding carboxylic acids is 1. The monoisotopic (exact) mass is 327 g/mol. The van der Waals surface area contributed by atoms with Crippen molar-refractivity contribution in [2.45, 2.75) is 26.7 Å². The maximum absolute atomic E-state index is 12.1. The van der Waals surface area contributed by atoms with E-state index in [1.54, 1.807) is 11.3 Å². The number of amides is 1. The van der Waals surface area contributed by atoms with Crippen LogP contribution in [0.1, 0.15) is 23.4 Å². The molecule has 0 spiro atoms. The lowest BCUT2D eigenvalue weighted by molar-refractivity contribution is -0.116. The molecule has 0 aliphatic rings. The van der Waals surface area contributed by atoms with E-state index in [0.717, 1.165) is 21.7 Å². The average molecular weight is 327 g/mol. The number of hydrogen-bond donors (Lipinski definition) is 1. The van der Waals surface area contributed by atoms with Crippen molar-refractivity contribution < 1.29 is 9.21 Å². The molecular formula is C17H17N3O2S. The number of benzene rings is 1. The van der Waals surface area contributed by atoms with Gasteiger partial charge in [0, 0.05) is 18.5 Å². The molecule has 0 atom stereocenters. The summed E-state index contributed by atoms with van der Waals surface area (Å²) in [6.07, 6.45) is 0.731. The second kappa shape index (κ2) is 6.75. The van der Waals surface area contributed by atoms with Gasteiger partial charge in [0.05, 0.1) is 4.88 Å². The van der Waals surface area contributed by atoms with E-state index in [0.29, 0.717) is 24.6 Å². The quantitative estimate of drug-likeness (QED) is 0.769. The first-order chi connectivity index (χ1) is 11.1. The minimum absolute atomic E-state index is 0.0606. The summed E-state index contributed by atoms with van der Waals surface area (Å²) in [7, 11) is 0. The van der Waals surface area contributed by atoms with Gasteiger partial charge in [0.15, 0.2) is 0 Å². The molecule has 0 saturated heterocycles. The Kier molecular flexibility index (Phi) is 4.52. The van der Waals surface area contributed by atoms with Gasteiger partial charge in [-0.25, -0.2) is 0 Å². The van der Waals surface area contributed by atoms with E-state index in [-0.39, 0.29) is 5.91 Å². The Morgan fingerprint density at radius 1 is 1.26 bits per heavy atom. The fourth-order valence-electron chi connectivity index (χ4n) is 2.16. The summed E-state index contributed by atoms with van der Waals surface area (Å²) in [4.78, 5) is 13.0. The average Bonchev–Trinajstić information content (AvgIpc) is 3.19. The van der Waals surface area contributed by atoms with Gasteiger partial charge in [0.1, 0.15) is 0 Å². The van der Waals surface area contributed by atoms with Crippen molar-refractivity contribution in [1.82, 2.24) is 10.2 Å². The van der Waals surface area contributed by atoms with Crippen LogP contribution in [0.25, 0.3) is 10.8 Å². The van der Waals surface area contributed by atoms with E-state index in [1.165, 1.54) is 0 Å². The lowest BCUT2D eigenvalue weighted by Gasteiger charge is -2.08. The molecule has 23 heavy (non-hydrogen) atoms. The summed E-state index contributed by atoms with van der Waals surface area (Å²) in [5, 5.41) is 12.9. The third-order valence-electron chi connectivity index (χ3n) is 3.43. The molecule has 1 amide bonds. The Bertz CT molecular complexity index is 809. The second-order valence-corrected chi connectivity index (χ2v) is 6.29. The number of aromatic nitrogens is 2. The van der Waals surface area contributed by atoms with Gasteiger partial charge in [0.2, 0.25) is 11.8 Å². The van der Waals surface area contributed by atoms with Gasteiger partial charge < -0.3 is 9.73 Å². The first-order valence-corrected chi connectivity index (χ1v) is 8.23. The van der Waals surface area contributed by atoms with Gasteiger partial charge in [0.25, 0.3) is 5.89 Å². The highest BCUT2D eigenvalue weighted by Gasteiger charge is 2.11. The van der Waals surface area contributed by atoms with E-state index in [1.807, 2.05) is 49.6 Å². The molecule has 0 bridgehead atoms. The summed E-state index contributed by atoms with van der Waals surface area (Å²) < 4.78 is 5.58. The highest BCUT2D eigenvalue weighted by atomic mass is 32.1. The van der Waals surface area contributed by atoms with Crippen LogP contribution in [0.3, 0.4) is 0 Å². The molecule has 2 aromatic heterocycles. The van der Waals surface area contributed by atoms with Crippen LogP contribution in [0.4, 0.5) is 5.69 Å². The van der Waals surface area contributed by atoms with Crippen molar-refractivity contribution in [3.05, 3.63) is 52.7 Å². The van der Waals surface area contributed by atoms with Crippen LogP contribution in [0.5, 0.6) is 0 Å². The van der Waals surface area contributed by atoms with Gasteiger partial charge in [-0.1, -0.05) is 18.2 Å². The van der Waals surface area contributed by atoms with Crippen LogP contribution in [-0.2, 0) is 11.2 Å².